The van der Waals surface area contributed by atoms with Crippen LogP contribution in [0.5, 0.6) is 0 Å². The predicted octanol–water partition coefficient (Wildman–Crippen LogP) is 1.81. The molecule has 0 saturated carbocycles. The summed E-state index contributed by atoms with van der Waals surface area (Å²) in [5, 5.41) is 0. The maximum absolute atomic E-state index is 5.78. The van der Waals surface area contributed by atoms with Gasteiger partial charge in [0.15, 0.2) is 0 Å². The van der Waals surface area contributed by atoms with Crippen molar-refractivity contribution >= 4 is 9.28 Å². The van der Waals surface area contributed by atoms with Gasteiger partial charge in [0.25, 0.3) is 0 Å². The molecule has 1 fully saturated rings. The van der Waals surface area contributed by atoms with Gasteiger partial charge in [0.05, 0.1) is 0 Å². The van der Waals surface area contributed by atoms with Crippen LogP contribution in [0.4, 0.5) is 0 Å². The maximum Gasteiger partial charge on any atom is 0.323 e. The van der Waals surface area contributed by atoms with Crippen LogP contribution in [0, 0.1) is 0 Å². The first-order valence-corrected chi connectivity index (χ1v) is 7.01. The average molecular weight is 204 g/mol. The summed E-state index contributed by atoms with van der Waals surface area (Å²) in [6, 6.07) is 1.14. The van der Waals surface area contributed by atoms with E-state index in [4.69, 9.17) is 13.6 Å². The molecule has 0 radical (unpaired) electrons. The minimum atomic E-state index is -1.36. The molecule has 13 heavy (non-hydrogen) atoms. The minimum Gasteiger partial charge on any atom is -0.396 e. The summed E-state index contributed by atoms with van der Waals surface area (Å²) in [5.74, 6) is 0. The lowest BCUT2D eigenvalue weighted by Gasteiger charge is -2.25. The van der Waals surface area contributed by atoms with E-state index in [1.165, 1.54) is 12.8 Å². The van der Waals surface area contributed by atoms with Crippen LogP contribution in [-0.2, 0) is 13.6 Å². The summed E-state index contributed by atoms with van der Waals surface area (Å²) in [5.41, 5.74) is 0. The summed E-state index contributed by atoms with van der Waals surface area (Å²) >= 11 is 0. The monoisotopic (exact) mass is 204 g/mol. The molecule has 2 atom stereocenters. The highest BCUT2D eigenvalue weighted by atomic mass is 28.3. The van der Waals surface area contributed by atoms with Gasteiger partial charge in [-0.1, -0.05) is 6.92 Å². The molecule has 0 N–H and O–H groups in total. The lowest BCUT2D eigenvalue weighted by Crippen LogP contribution is -2.33. The fraction of sp³-hybridized carbons (Fsp3) is 1.00. The molecule has 0 aromatic carbocycles. The Morgan fingerprint density at radius 3 is 2.77 bits per heavy atom. The first kappa shape index (κ1) is 11.2. The van der Waals surface area contributed by atoms with E-state index in [-0.39, 0.29) is 6.29 Å². The third-order valence-corrected chi connectivity index (χ3v) is 4.22. The average Bonchev–Trinajstić information content (AvgIpc) is 2.19. The van der Waals surface area contributed by atoms with E-state index in [2.05, 4.69) is 6.92 Å². The summed E-state index contributed by atoms with van der Waals surface area (Å²) in [6.45, 7) is 5.69. The van der Waals surface area contributed by atoms with Crippen molar-refractivity contribution in [2.24, 2.45) is 0 Å². The van der Waals surface area contributed by atoms with Gasteiger partial charge in [0.2, 0.25) is 0 Å². The smallest absolute Gasteiger partial charge is 0.323 e. The molecule has 1 aliphatic heterocycles. The highest BCUT2D eigenvalue weighted by Crippen LogP contribution is 2.14. The van der Waals surface area contributed by atoms with Crippen LogP contribution in [0.15, 0.2) is 0 Å². The van der Waals surface area contributed by atoms with Crippen molar-refractivity contribution in [2.75, 3.05) is 13.2 Å². The Hall–Kier alpha value is 0.0969. The molecule has 3 nitrogen and oxygen atoms in total. The molecule has 78 valence electrons. The predicted molar refractivity (Wildman–Crippen MR) is 53.9 cm³/mol. The van der Waals surface area contributed by atoms with E-state index in [0.717, 1.165) is 25.7 Å². The molecule has 4 heteroatoms. The van der Waals surface area contributed by atoms with Gasteiger partial charge in [-0.25, -0.2) is 0 Å². The molecule has 0 spiro atoms. The lowest BCUT2D eigenvalue weighted by atomic mass is 10.4. The number of hydrogen-bond donors (Lipinski definition) is 0. The summed E-state index contributed by atoms with van der Waals surface area (Å²) < 4.78 is 16.8. The summed E-state index contributed by atoms with van der Waals surface area (Å²) in [7, 11) is -1.36. The van der Waals surface area contributed by atoms with Crippen LogP contribution in [0.2, 0.25) is 6.04 Å². The maximum atomic E-state index is 5.78. The van der Waals surface area contributed by atoms with E-state index in [1.54, 1.807) is 0 Å². The van der Waals surface area contributed by atoms with Crippen LogP contribution in [0.25, 0.3) is 0 Å². The Kier molecular flexibility index (Phi) is 5.62. The number of rotatable bonds is 5. The van der Waals surface area contributed by atoms with Gasteiger partial charge < -0.3 is 13.6 Å². The van der Waals surface area contributed by atoms with Gasteiger partial charge in [-0.2, -0.15) is 0 Å². The van der Waals surface area contributed by atoms with E-state index < -0.39 is 9.28 Å². The van der Waals surface area contributed by atoms with Crippen LogP contribution in [0.1, 0.15) is 33.1 Å². The summed E-state index contributed by atoms with van der Waals surface area (Å²) in [6.07, 6.45) is 3.35. The normalized spacial score (nSPS) is 25.8. The molecule has 1 saturated heterocycles. The third kappa shape index (κ3) is 4.22. The van der Waals surface area contributed by atoms with Crippen LogP contribution < -0.4 is 0 Å². The Labute approximate surface area is 82.2 Å². The third-order valence-electron chi connectivity index (χ3n) is 2.13. The molecule has 1 heterocycles. The Bertz CT molecular complexity index is 123. The first-order valence-electron chi connectivity index (χ1n) is 5.25. The molecule has 2 unspecified atom stereocenters. The molecular weight excluding hydrogens is 184 g/mol. The lowest BCUT2D eigenvalue weighted by molar-refractivity contribution is -0.0920. The zero-order valence-corrected chi connectivity index (χ0v) is 9.78. The Morgan fingerprint density at radius 1 is 1.38 bits per heavy atom. The topological polar surface area (TPSA) is 27.7 Å². The molecular formula is C9H20O3Si. The van der Waals surface area contributed by atoms with E-state index in [9.17, 15) is 0 Å². The van der Waals surface area contributed by atoms with Crippen molar-refractivity contribution < 1.29 is 13.6 Å². The van der Waals surface area contributed by atoms with Gasteiger partial charge in [0.1, 0.15) is 6.29 Å². The van der Waals surface area contributed by atoms with Gasteiger partial charge in [-0.15, -0.1) is 0 Å². The SMILES string of the molecule is CCOC(CC)O[SiH]1CCCCO1. The van der Waals surface area contributed by atoms with Gasteiger partial charge in [0, 0.05) is 13.2 Å². The molecule has 0 aromatic heterocycles. The van der Waals surface area contributed by atoms with E-state index in [1.807, 2.05) is 6.92 Å². The highest BCUT2D eigenvalue weighted by molar-refractivity contribution is 6.44. The Balaban J connectivity index is 2.18. The number of ether oxygens (including phenoxy) is 1. The fourth-order valence-corrected chi connectivity index (χ4v) is 3.47. The minimum absolute atomic E-state index is 0.0280. The van der Waals surface area contributed by atoms with Gasteiger partial charge in [-0.3, -0.25) is 0 Å². The fourth-order valence-electron chi connectivity index (χ4n) is 1.43. The standard InChI is InChI=1S/C9H20O3Si/c1-3-9(10-4-2)12-13-8-6-5-7-11-13/h9,13H,3-8H2,1-2H3. The van der Waals surface area contributed by atoms with E-state index >= 15 is 0 Å². The van der Waals surface area contributed by atoms with Crippen LogP contribution >= 0.6 is 0 Å². The highest BCUT2D eigenvalue weighted by Gasteiger charge is 2.21. The van der Waals surface area contributed by atoms with Gasteiger partial charge in [-0.05, 0) is 32.2 Å². The van der Waals surface area contributed by atoms with Crippen LogP contribution in [-0.4, -0.2) is 28.8 Å². The second-order valence-corrected chi connectivity index (χ2v) is 5.27. The number of hydrogen-bond acceptors (Lipinski definition) is 3. The molecule has 0 aliphatic carbocycles. The largest absolute Gasteiger partial charge is 0.396 e. The molecule has 1 aliphatic rings. The van der Waals surface area contributed by atoms with Crippen molar-refractivity contribution in [3.8, 4) is 0 Å². The van der Waals surface area contributed by atoms with E-state index in [0.29, 0.717) is 0 Å². The quantitative estimate of drug-likeness (QED) is 0.505. The van der Waals surface area contributed by atoms with Crippen molar-refractivity contribution in [3.05, 3.63) is 0 Å². The first-order chi connectivity index (χ1) is 6.36. The van der Waals surface area contributed by atoms with Crippen molar-refractivity contribution in [2.45, 2.75) is 45.4 Å². The molecule has 0 amide bonds. The molecule has 0 bridgehead atoms. The van der Waals surface area contributed by atoms with Crippen molar-refractivity contribution in [1.29, 1.82) is 0 Å². The van der Waals surface area contributed by atoms with Crippen molar-refractivity contribution in [1.82, 2.24) is 0 Å². The second-order valence-electron chi connectivity index (χ2n) is 3.23. The second kappa shape index (κ2) is 6.54. The molecule has 0 aromatic rings. The van der Waals surface area contributed by atoms with Crippen molar-refractivity contribution in [3.63, 3.8) is 0 Å². The summed E-state index contributed by atoms with van der Waals surface area (Å²) in [4.78, 5) is 0. The molecule has 1 rings (SSSR count). The van der Waals surface area contributed by atoms with Gasteiger partial charge >= 0.3 is 9.28 Å². The zero-order valence-electron chi connectivity index (χ0n) is 8.62. The zero-order chi connectivity index (χ0) is 9.52. The van der Waals surface area contributed by atoms with Crippen LogP contribution in [0.3, 0.4) is 0 Å². The Morgan fingerprint density at radius 2 is 2.23 bits per heavy atom.